The van der Waals surface area contributed by atoms with E-state index >= 15 is 0 Å². The molecule has 3 heterocycles. The topological polar surface area (TPSA) is 84.7 Å². The standard InChI is InChI=1S/C30H30F3N3O3S/c1-18(19-2-4-21(5-3-19)26-13-25(30(31,32)33)7-6-22(26)14-34)35-28(37)27-12-23(17-40-27)20-8-10-36(11-9-20)29(38)24-15-39-16-24/h2-8,12-13,17-18,24H,9-11,14-16,34H2,1H3,(H,35,37)/t18-/m1/s1. The number of nitrogens with one attached hydrogen (secondary N) is 1. The Bertz CT molecular complexity index is 1430. The molecule has 1 fully saturated rings. The number of nitrogens with zero attached hydrogens (tertiary/aromatic N) is 1. The summed E-state index contributed by atoms with van der Waals surface area (Å²) < 4.78 is 44.9. The second-order valence-corrected chi connectivity index (χ2v) is 11.0. The van der Waals surface area contributed by atoms with Crippen molar-refractivity contribution in [2.24, 2.45) is 11.7 Å². The fraction of sp³-hybridized carbons (Fsp3) is 0.333. The van der Waals surface area contributed by atoms with E-state index in [2.05, 4.69) is 11.4 Å². The quantitative estimate of drug-likeness (QED) is 0.386. The van der Waals surface area contributed by atoms with E-state index in [0.717, 1.165) is 35.3 Å². The molecule has 1 saturated heterocycles. The average Bonchev–Trinajstić information content (AvgIpc) is 3.42. The summed E-state index contributed by atoms with van der Waals surface area (Å²) >= 11 is 1.37. The van der Waals surface area contributed by atoms with Crippen molar-refractivity contribution in [2.45, 2.75) is 32.1 Å². The first-order valence-corrected chi connectivity index (χ1v) is 14.0. The van der Waals surface area contributed by atoms with Crippen LogP contribution >= 0.6 is 11.3 Å². The van der Waals surface area contributed by atoms with Crippen LogP contribution in [0.1, 0.15) is 51.3 Å². The number of carbonyl (C=O) groups excluding carboxylic acids is 2. The summed E-state index contributed by atoms with van der Waals surface area (Å²) in [5.74, 6) is -0.0773. The molecule has 40 heavy (non-hydrogen) atoms. The summed E-state index contributed by atoms with van der Waals surface area (Å²) in [4.78, 5) is 27.8. The minimum atomic E-state index is -4.44. The van der Waals surface area contributed by atoms with Crippen molar-refractivity contribution in [1.29, 1.82) is 0 Å². The third-order valence-corrected chi connectivity index (χ3v) is 8.36. The fourth-order valence-corrected chi connectivity index (χ4v) is 5.73. The number of hydrogen-bond acceptors (Lipinski definition) is 5. The van der Waals surface area contributed by atoms with Gasteiger partial charge >= 0.3 is 6.18 Å². The van der Waals surface area contributed by atoms with Crippen molar-refractivity contribution < 1.29 is 27.5 Å². The van der Waals surface area contributed by atoms with Gasteiger partial charge in [0.1, 0.15) is 0 Å². The first-order valence-electron chi connectivity index (χ1n) is 13.1. The highest BCUT2D eigenvalue weighted by Gasteiger charge is 2.32. The molecule has 2 amide bonds. The number of benzene rings is 2. The molecule has 210 valence electrons. The molecule has 10 heteroatoms. The van der Waals surface area contributed by atoms with Gasteiger partial charge in [-0.15, -0.1) is 11.3 Å². The second-order valence-electron chi connectivity index (χ2n) is 10.1. The van der Waals surface area contributed by atoms with Gasteiger partial charge < -0.3 is 20.7 Å². The Morgan fingerprint density at radius 3 is 2.48 bits per heavy atom. The lowest BCUT2D eigenvalue weighted by Gasteiger charge is -2.33. The van der Waals surface area contributed by atoms with Crippen LogP contribution < -0.4 is 11.1 Å². The molecule has 6 nitrogen and oxygen atoms in total. The van der Waals surface area contributed by atoms with Gasteiger partial charge in [-0.25, -0.2) is 0 Å². The molecule has 0 saturated carbocycles. The zero-order chi connectivity index (χ0) is 28.4. The van der Waals surface area contributed by atoms with E-state index in [1.165, 1.54) is 17.4 Å². The number of nitrogens with two attached hydrogens (primary N) is 1. The lowest BCUT2D eigenvalue weighted by atomic mass is 9.95. The highest BCUT2D eigenvalue weighted by molar-refractivity contribution is 7.12. The number of ether oxygens (including phenoxy) is 1. The zero-order valence-corrected chi connectivity index (χ0v) is 22.8. The lowest BCUT2D eigenvalue weighted by molar-refractivity contribution is -0.149. The van der Waals surface area contributed by atoms with Gasteiger partial charge in [-0.2, -0.15) is 13.2 Å². The van der Waals surface area contributed by atoms with Gasteiger partial charge in [0.25, 0.3) is 5.91 Å². The number of rotatable bonds is 7. The van der Waals surface area contributed by atoms with E-state index in [9.17, 15) is 22.8 Å². The maximum absolute atomic E-state index is 13.3. The first-order chi connectivity index (χ1) is 19.1. The normalized spacial score (nSPS) is 16.7. The van der Waals surface area contributed by atoms with Crippen molar-refractivity contribution in [2.75, 3.05) is 26.3 Å². The molecule has 3 aromatic rings. The molecule has 5 rings (SSSR count). The molecule has 3 N–H and O–H groups in total. The zero-order valence-electron chi connectivity index (χ0n) is 22.0. The van der Waals surface area contributed by atoms with E-state index in [0.29, 0.717) is 47.9 Å². The van der Waals surface area contributed by atoms with Gasteiger partial charge in [0.15, 0.2) is 0 Å². The summed E-state index contributed by atoms with van der Waals surface area (Å²) in [7, 11) is 0. The lowest BCUT2D eigenvalue weighted by Crippen LogP contribution is -2.46. The van der Waals surface area contributed by atoms with E-state index < -0.39 is 11.7 Å². The molecule has 0 unspecified atom stereocenters. The van der Waals surface area contributed by atoms with Crippen LogP contribution in [0, 0.1) is 5.92 Å². The molecular weight excluding hydrogens is 539 g/mol. The van der Waals surface area contributed by atoms with Crippen molar-refractivity contribution in [3.63, 3.8) is 0 Å². The summed E-state index contributed by atoms with van der Waals surface area (Å²) in [5, 5.41) is 4.97. The molecule has 1 aromatic heterocycles. The van der Waals surface area contributed by atoms with Crippen LogP contribution in [0.25, 0.3) is 16.7 Å². The molecule has 2 aromatic carbocycles. The number of carbonyl (C=O) groups is 2. The fourth-order valence-electron chi connectivity index (χ4n) is 4.89. The second kappa shape index (κ2) is 11.6. The molecule has 0 aliphatic carbocycles. The maximum atomic E-state index is 13.3. The molecule has 1 atom stereocenters. The molecule has 2 aliphatic heterocycles. The average molecular weight is 570 g/mol. The van der Waals surface area contributed by atoms with Gasteiger partial charge in [-0.3, -0.25) is 9.59 Å². The number of thiophene rings is 1. The molecule has 0 spiro atoms. The molecular formula is C30H30F3N3O3S. The van der Waals surface area contributed by atoms with Gasteiger partial charge in [0, 0.05) is 19.6 Å². The Balaban J connectivity index is 1.22. The monoisotopic (exact) mass is 569 g/mol. The minimum absolute atomic E-state index is 0.0198. The highest BCUT2D eigenvalue weighted by atomic mass is 32.1. The Morgan fingerprint density at radius 2 is 1.88 bits per heavy atom. The van der Waals surface area contributed by atoms with Crippen molar-refractivity contribution in [3.8, 4) is 11.1 Å². The third-order valence-electron chi connectivity index (χ3n) is 7.43. The SMILES string of the molecule is C[C@@H](NC(=O)c1cc(C2=CCN(C(=O)C3COC3)CC2)cs1)c1ccc(-c2cc(C(F)(F)F)ccc2CN)cc1. The van der Waals surface area contributed by atoms with Gasteiger partial charge in [0.05, 0.1) is 35.6 Å². The van der Waals surface area contributed by atoms with Crippen LogP contribution in [0.5, 0.6) is 0 Å². The summed E-state index contributed by atoms with van der Waals surface area (Å²) in [6, 6.07) is 12.2. The summed E-state index contributed by atoms with van der Waals surface area (Å²) in [6.45, 7) is 4.19. The van der Waals surface area contributed by atoms with E-state index in [-0.39, 0.29) is 30.3 Å². The van der Waals surface area contributed by atoms with Crippen molar-refractivity contribution in [3.05, 3.63) is 87.1 Å². The first kappa shape index (κ1) is 28.1. The minimum Gasteiger partial charge on any atom is -0.380 e. The highest BCUT2D eigenvalue weighted by Crippen LogP contribution is 2.34. The van der Waals surface area contributed by atoms with E-state index in [1.54, 1.807) is 24.3 Å². The van der Waals surface area contributed by atoms with E-state index in [4.69, 9.17) is 10.5 Å². The number of amides is 2. The maximum Gasteiger partial charge on any atom is 0.416 e. The van der Waals surface area contributed by atoms with Crippen LogP contribution in [0.4, 0.5) is 13.2 Å². The van der Waals surface area contributed by atoms with Crippen LogP contribution in [-0.4, -0.2) is 43.0 Å². The predicted molar refractivity (Wildman–Crippen MR) is 148 cm³/mol. The largest absolute Gasteiger partial charge is 0.416 e. The Kier molecular flexibility index (Phi) is 8.11. The Labute approximate surface area is 234 Å². The van der Waals surface area contributed by atoms with Crippen LogP contribution in [0.2, 0.25) is 0 Å². The third kappa shape index (κ3) is 5.99. The van der Waals surface area contributed by atoms with E-state index in [1.807, 2.05) is 23.3 Å². The van der Waals surface area contributed by atoms with Gasteiger partial charge in [-0.1, -0.05) is 36.4 Å². The van der Waals surface area contributed by atoms with Crippen molar-refractivity contribution >= 4 is 28.7 Å². The van der Waals surface area contributed by atoms with Gasteiger partial charge in [0.2, 0.25) is 5.91 Å². The number of hydrogen-bond donors (Lipinski definition) is 2. The van der Waals surface area contributed by atoms with Gasteiger partial charge in [-0.05, 0) is 70.3 Å². The number of halogens is 3. The van der Waals surface area contributed by atoms with Crippen molar-refractivity contribution in [1.82, 2.24) is 10.2 Å². The summed E-state index contributed by atoms with van der Waals surface area (Å²) in [6.07, 6.45) is -1.66. The molecule has 2 aliphatic rings. The Hall–Kier alpha value is -3.47. The smallest absolute Gasteiger partial charge is 0.380 e. The molecule has 0 bridgehead atoms. The van der Waals surface area contributed by atoms with Crippen LogP contribution in [-0.2, 0) is 22.3 Å². The van der Waals surface area contributed by atoms with Crippen LogP contribution in [0.3, 0.4) is 0 Å². The number of alkyl halides is 3. The Morgan fingerprint density at radius 1 is 1.12 bits per heavy atom. The molecule has 0 radical (unpaired) electrons. The summed E-state index contributed by atoms with van der Waals surface area (Å²) in [5.41, 5.74) is 9.67. The predicted octanol–water partition coefficient (Wildman–Crippen LogP) is 5.65. The van der Waals surface area contributed by atoms with Crippen LogP contribution in [0.15, 0.2) is 60.0 Å².